The summed E-state index contributed by atoms with van der Waals surface area (Å²) in [7, 11) is 0. The van der Waals surface area contributed by atoms with Crippen molar-refractivity contribution in [3.63, 3.8) is 0 Å². The van der Waals surface area contributed by atoms with Crippen LogP contribution in [0.5, 0.6) is 0 Å². The number of hydrogen-bond acceptors (Lipinski definition) is 5. The second-order valence-corrected chi connectivity index (χ2v) is 8.81. The smallest absolute Gasteiger partial charge is 0.227 e. The van der Waals surface area contributed by atoms with Crippen LogP contribution in [-0.2, 0) is 11.2 Å². The lowest BCUT2D eigenvalue weighted by Crippen LogP contribution is -2.53. The summed E-state index contributed by atoms with van der Waals surface area (Å²) in [6.07, 6.45) is 3.24. The number of hydrogen-bond donors (Lipinski definition) is 1. The number of amides is 1. The second-order valence-electron chi connectivity index (χ2n) is 8.41. The molecule has 7 heteroatoms. The van der Waals surface area contributed by atoms with E-state index in [0.29, 0.717) is 29.6 Å². The van der Waals surface area contributed by atoms with Crippen LogP contribution in [0.25, 0.3) is 11.4 Å². The highest BCUT2D eigenvalue weighted by Gasteiger charge is 2.26. The number of aryl methyl sites for hydroxylation is 1. The largest absolute Gasteiger partial charge is 0.350 e. The summed E-state index contributed by atoms with van der Waals surface area (Å²) in [5, 5.41) is 7.69. The molecule has 1 N–H and O–H groups in total. The third-order valence-corrected chi connectivity index (χ3v) is 5.32. The van der Waals surface area contributed by atoms with Crippen molar-refractivity contribution in [2.75, 3.05) is 19.6 Å². The number of rotatable bonds is 7. The molecule has 0 spiro atoms. The van der Waals surface area contributed by atoms with E-state index in [1.165, 1.54) is 12.8 Å². The van der Waals surface area contributed by atoms with Gasteiger partial charge in [0.25, 0.3) is 0 Å². The minimum Gasteiger partial charge on any atom is -0.350 e. The van der Waals surface area contributed by atoms with Gasteiger partial charge in [0, 0.05) is 37.0 Å². The molecule has 0 aliphatic carbocycles. The van der Waals surface area contributed by atoms with Crippen molar-refractivity contribution >= 4 is 17.5 Å². The summed E-state index contributed by atoms with van der Waals surface area (Å²) in [6, 6.07) is 7.35. The second kappa shape index (κ2) is 9.05. The van der Waals surface area contributed by atoms with Gasteiger partial charge < -0.3 is 14.7 Å². The molecule has 1 fully saturated rings. The Labute approximate surface area is 171 Å². The Hall–Kier alpha value is -1.92. The Kier molecular flexibility index (Phi) is 6.73. The topological polar surface area (TPSA) is 71.3 Å². The molecule has 1 aromatic heterocycles. The number of halogens is 1. The normalized spacial score (nSPS) is 18.2. The first kappa shape index (κ1) is 20.8. The van der Waals surface area contributed by atoms with Crippen LogP contribution >= 0.6 is 11.6 Å². The van der Waals surface area contributed by atoms with Crippen LogP contribution in [0.15, 0.2) is 28.8 Å². The average molecular weight is 405 g/mol. The number of carbonyl (C=O) groups excluding carboxylic acids is 1. The minimum absolute atomic E-state index is 0.00690. The summed E-state index contributed by atoms with van der Waals surface area (Å²) < 4.78 is 5.28. The van der Waals surface area contributed by atoms with Gasteiger partial charge in [-0.05, 0) is 51.3 Å². The van der Waals surface area contributed by atoms with E-state index in [4.69, 9.17) is 16.1 Å². The fraction of sp³-hybridized carbons (Fsp3) is 0.571. The molecule has 0 saturated carbocycles. The van der Waals surface area contributed by atoms with Gasteiger partial charge in [0.2, 0.25) is 17.6 Å². The first-order valence-corrected chi connectivity index (χ1v) is 10.3. The van der Waals surface area contributed by atoms with Crippen molar-refractivity contribution in [3.8, 4) is 11.4 Å². The number of benzene rings is 1. The van der Waals surface area contributed by atoms with Gasteiger partial charge in [-0.25, -0.2) is 0 Å². The molecular weight excluding hydrogens is 376 g/mol. The van der Waals surface area contributed by atoms with Crippen molar-refractivity contribution in [1.29, 1.82) is 0 Å². The lowest BCUT2D eigenvalue weighted by molar-refractivity contribution is -0.123. The molecule has 1 amide bonds. The van der Waals surface area contributed by atoms with Crippen LogP contribution < -0.4 is 5.32 Å². The predicted molar refractivity (Wildman–Crippen MR) is 110 cm³/mol. The van der Waals surface area contributed by atoms with Gasteiger partial charge in [0.05, 0.1) is 5.02 Å². The molecule has 1 aliphatic heterocycles. The monoisotopic (exact) mass is 404 g/mol. The molecule has 1 atom stereocenters. The molecule has 1 aliphatic rings. The first-order valence-electron chi connectivity index (χ1n) is 9.93. The first-order chi connectivity index (χ1) is 13.3. The number of nitrogens with one attached hydrogen (secondary N) is 1. The van der Waals surface area contributed by atoms with Crippen LogP contribution in [0.3, 0.4) is 0 Å². The van der Waals surface area contributed by atoms with E-state index in [1.807, 2.05) is 18.2 Å². The fourth-order valence-corrected chi connectivity index (χ4v) is 4.02. The van der Waals surface area contributed by atoms with Crippen molar-refractivity contribution in [2.45, 2.75) is 52.0 Å². The van der Waals surface area contributed by atoms with Gasteiger partial charge in [0.1, 0.15) is 0 Å². The Morgan fingerprint density at radius 3 is 2.93 bits per heavy atom. The van der Waals surface area contributed by atoms with Crippen LogP contribution in [0.4, 0.5) is 0 Å². The van der Waals surface area contributed by atoms with E-state index in [1.54, 1.807) is 6.07 Å². The molecule has 2 aromatic rings. The number of carbonyl (C=O) groups is 1. The maximum atomic E-state index is 12.4. The summed E-state index contributed by atoms with van der Waals surface area (Å²) in [6.45, 7) is 9.51. The lowest BCUT2D eigenvalue weighted by Gasteiger charge is -2.37. The van der Waals surface area contributed by atoms with Gasteiger partial charge in [0.15, 0.2) is 0 Å². The van der Waals surface area contributed by atoms with Crippen LogP contribution in [0.2, 0.25) is 5.02 Å². The zero-order valence-corrected chi connectivity index (χ0v) is 17.6. The molecule has 2 heterocycles. The summed E-state index contributed by atoms with van der Waals surface area (Å²) in [5.41, 5.74) is 0.451. The van der Waals surface area contributed by atoms with Crippen LogP contribution in [0.1, 0.15) is 45.9 Å². The third-order valence-electron chi connectivity index (χ3n) is 4.99. The fourth-order valence-electron chi connectivity index (χ4n) is 3.80. The summed E-state index contributed by atoms with van der Waals surface area (Å²) in [4.78, 5) is 19.2. The van der Waals surface area contributed by atoms with E-state index in [2.05, 4.69) is 41.1 Å². The highest BCUT2D eigenvalue weighted by molar-refractivity contribution is 6.33. The highest BCUT2D eigenvalue weighted by atomic mass is 35.5. The van der Waals surface area contributed by atoms with Crippen molar-refractivity contribution in [1.82, 2.24) is 20.4 Å². The molecule has 6 nitrogen and oxygen atoms in total. The van der Waals surface area contributed by atoms with Crippen molar-refractivity contribution < 1.29 is 9.32 Å². The molecule has 0 bridgehead atoms. The predicted octanol–water partition coefficient (Wildman–Crippen LogP) is 3.95. The Morgan fingerprint density at radius 1 is 1.39 bits per heavy atom. The van der Waals surface area contributed by atoms with Gasteiger partial charge in [-0.3, -0.25) is 4.79 Å². The van der Waals surface area contributed by atoms with E-state index >= 15 is 0 Å². The van der Waals surface area contributed by atoms with E-state index < -0.39 is 0 Å². The van der Waals surface area contributed by atoms with E-state index in [9.17, 15) is 4.79 Å². The molecule has 1 aromatic carbocycles. The molecule has 0 unspecified atom stereocenters. The number of piperidine rings is 1. The van der Waals surface area contributed by atoms with E-state index in [-0.39, 0.29) is 11.4 Å². The number of nitrogens with zero attached hydrogens (tertiary/aromatic N) is 3. The SMILES string of the molecule is C[C@H]1CCCN(CC(C)(C)NC(=O)CCc2nc(-c3ccccc3Cl)no2)C1. The van der Waals surface area contributed by atoms with E-state index in [0.717, 1.165) is 31.1 Å². The van der Waals surface area contributed by atoms with Crippen LogP contribution in [0, 0.1) is 5.92 Å². The molecule has 0 radical (unpaired) electrons. The Bertz CT molecular complexity index is 805. The Balaban J connectivity index is 1.49. The molecular formula is C21H29ClN4O2. The van der Waals surface area contributed by atoms with Crippen molar-refractivity contribution in [2.24, 2.45) is 5.92 Å². The molecule has 3 rings (SSSR count). The quantitative estimate of drug-likeness (QED) is 0.756. The Morgan fingerprint density at radius 2 is 2.18 bits per heavy atom. The zero-order valence-electron chi connectivity index (χ0n) is 16.9. The van der Waals surface area contributed by atoms with Gasteiger partial charge in [-0.1, -0.05) is 35.8 Å². The van der Waals surface area contributed by atoms with Crippen LogP contribution in [-0.4, -0.2) is 46.1 Å². The maximum Gasteiger partial charge on any atom is 0.227 e. The molecule has 28 heavy (non-hydrogen) atoms. The zero-order chi connectivity index (χ0) is 20.1. The third kappa shape index (κ3) is 5.79. The number of aromatic nitrogens is 2. The van der Waals surface area contributed by atoms with Crippen molar-refractivity contribution in [3.05, 3.63) is 35.2 Å². The minimum atomic E-state index is -0.272. The lowest BCUT2D eigenvalue weighted by atomic mass is 9.97. The number of likely N-dealkylation sites (tertiary alicyclic amines) is 1. The van der Waals surface area contributed by atoms with Gasteiger partial charge in [-0.2, -0.15) is 4.98 Å². The van der Waals surface area contributed by atoms with Gasteiger partial charge in [-0.15, -0.1) is 0 Å². The maximum absolute atomic E-state index is 12.4. The average Bonchev–Trinajstić information content (AvgIpc) is 3.08. The molecule has 152 valence electrons. The standard InChI is InChI=1S/C21H29ClN4O2/c1-15-7-6-12-26(13-15)14-21(2,3)24-18(27)10-11-19-23-20(25-28-19)16-8-4-5-9-17(16)22/h4-5,8-9,15H,6-7,10-14H2,1-3H3,(H,24,27)/t15-/m0/s1. The summed E-state index contributed by atoms with van der Waals surface area (Å²) >= 11 is 6.17. The molecule has 1 saturated heterocycles. The highest BCUT2D eigenvalue weighted by Crippen LogP contribution is 2.25. The summed E-state index contributed by atoms with van der Waals surface area (Å²) in [5.74, 6) is 1.60. The van der Waals surface area contributed by atoms with Gasteiger partial charge >= 0.3 is 0 Å².